The van der Waals surface area contributed by atoms with E-state index in [1.165, 1.54) is 30.6 Å². The molecule has 0 saturated heterocycles. The molecular weight excluding hydrogens is 711 g/mol. The second kappa shape index (κ2) is 15.0. The van der Waals surface area contributed by atoms with Gasteiger partial charge >= 0.3 is 5.97 Å². The van der Waals surface area contributed by atoms with E-state index in [1.54, 1.807) is 35.8 Å². The van der Waals surface area contributed by atoms with E-state index in [2.05, 4.69) is 15.9 Å². The number of hydrogen-bond acceptors (Lipinski definition) is 8. The Morgan fingerprint density at radius 1 is 0.980 bits per heavy atom. The molecule has 1 aromatic heterocycles. The summed E-state index contributed by atoms with van der Waals surface area (Å²) in [7, 11) is 1.53. The summed E-state index contributed by atoms with van der Waals surface area (Å²) >= 11 is 4.81. The maximum Gasteiger partial charge on any atom is 0.338 e. The van der Waals surface area contributed by atoms with Crippen molar-refractivity contribution < 1.29 is 28.1 Å². The Kier molecular flexibility index (Phi) is 10.4. The molecule has 6 rings (SSSR count). The molecule has 0 N–H and O–H groups in total. The second-order valence-electron chi connectivity index (χ2n) is 10.9. The molecule has 1 aliphatic rings. The van der Waals surface area contributed by atoms with Crippen LogP contribution in [0.4, 0.5) is 4.39 Å². The molecule has 0 unspecified atom stereocenters. The number of carbonyl (C=O) groups is 1. The van der Waals surface area contributed by atoms with Gasteiger partial charge in [-0.05, 0) is 88.9 Å². The van der Waals surface area contributed by atoms with Crippen molar-refractivity contribution in [1.82, 2.24) is 4.57 Å². The van der Waals surface area contributed by atoms with Gasteiger partial charge in [-0.1, -0.05) is 65.9 Å². The summed E-state index contributed by atoms with van der Waals surface area (Å²) in [6.45, 7) is 4.51. The molecule has 1 aliphatic heterocycles. The molecule has 0 saturated carbocycles. The third kappa shape index (κ3) is 7.23. The van der Waals surface area contributed by atoms with Crippen LogP contribution in [0.2, 0.25) is 0 Å². The molecule has 5 aromatic rings. The first kappa shape index (κ1) is 33.9. The number of ether oxygens (including phenoxy) is 4. The van der Waals surface area contributed by atoms with Crippen LogP contribution in [0.5, 0.6) is 17.2 Å². The summed E-state index contributed by atoms with van der Waals surface area (Å²) in [6.07, 6.45) is 1.76. The SMILES string of the molecule is CCOC(=O)C1=C(c2ccccc2)N=c2s/c(=C\c3cc(Br)c(OCc4ccc(F)cc4)c(OC)c3)c(=O)n2[C@H]1c1ccc(OCC)cc1. The van der Waals surface area contributed by atoms with Crippen LogP contribution in [0.1, 0.15) is 42.1 Å². The third-order valence-electron chi connectivity index (χ3n) is 7.73. The number of esters is 1. The Balaban J connectivity index is 1.48. The van der Waals surface area contributed by atoms with E-state index in [0.29, 0.717) is 54.5 Å². The summed E-state index contributed by atoms with van der Waals surface area (Å²) in [4.78, 5) is 33.4. The van der Waals surface area contributed by atoms with Crippen molar-refractivity contribution >= 4 is 45.0 Å². The highest BCUT2D eigenvalue weighted by Crippen LogP contribution is 2.38. The largest absolute Gasteiger partial charge is 0.494 e. The Hall–Kier alpha value is -5.00. The summed E-state index contributed by atoms with van der Waals surface area (Å²) < 4.78 is 38.8. The molecule has 0 bridgehead atoms. The van der Waals surface area contributed by atoms with Crippen molar-refractivity contribution in [1.29, 1.82) is 0 Å². The fraction of sp³-hybridized carbons (Fsp3) is 0.184. The molecule has 0 spiro atoms. The van der Waals surface area contributed by atoms with E-state index in [4.69, 9.17) is 23.9 Å². The van der Waals surface area contributed by atoms with Crippen LogP contribution in [0.25, 0.3) is 11.8 Å². The highest BCUT2D eigenvalue weighted by Gasteiger charge is 2.35. The van der Waals surface area contributed by atoms with Gasteiger partial charge in [-0.15, -0.1) is 0 Å². The lowest BCUT2D eigenvalue weighted by molar-refractivity contribution is -0.138. The number of aromatic nitrogens is 1. The Morgan fingerprint density at radius 3 is 2.39 bits per heavy atom. The van der Waals surface area contributed by atoms with Gasteiger partial charge in [-0.3, -0.25) is 9.36 Å². The van der Waals surface area contributed by atoms with Gasteiger partial charge in [0.05, 0.1) is 46.6 Å². The van der Waals surface area contributed by atoms with Gasteiger partial charge in [0.25, 0.3) is 5.56 Å². The van der Waals surface area contributed by atoms with E-state index < -0.39 is 12.0 Å². The molecule has 8 nitrogen and oxygen atoms in total. The van der Waals surface area contributed by atoms with Crippen LogP contribution in [0, 0.1) is 5.82 Å². The number of fused-ring (bicyclic) bond motifs is 1. The summed E-state index contributed by atoms with van der Waals surface area (Å²) in [5.74, 6) is 0.707. The van der Waals surface area contributed by atoms with Crippen molar-refractivity contribution in [2.24, 2.45) is 4.99 Å². The standard InChI is InChI=1S/C38H32BrFN2O6S/c1-4-46-28-17-13-26(14-18-28)34-32(37(44)47-5-2)33(25-9-7-6-8-10-25)41-38-42(34)36(43)31(49-38)21-24-19-29(39)35(30(20-24)45-3)48-22-23-11-15-27(40)16-12-23/h6-21,34H,4-5,22H2,1-3H3/b31-21-/t34-/m0/s1. The number of hydrogen-bond donors (Lipinski definition) is 0. The van der Waals surface area contributed by atoms with E-state index in [-0.39, 0.29) is 30.2 Å². The maximum absolute atomic E-state index is 14.3. The third-order valence-corrected chi connectivity index (χ3v) is 9.30. The number of rotatable bonds is 11. The Morgan fingerprint density at radius 2 is 1.71 bits per heavy atom. The minimum atomic E-state index is -0.813. The molecule has 4 aromatic carbocycles. The number of carbonyl (C=O) groups excluding carboxylic acids is 1. The smallest absolute Gasteiger partial charge is 0.338 e. The summed E-state index contributed by atoms with van der Waals surface area (Å²) in [5, 5.41) is 0. The number of nitrogens with zero attached hydrogens (tertiary/aromatic N) is 2. The van der Waals surface area contributed by atoms with Crippen molar-refractivity contribution in [3.05, 3.63) is 149 Å². The van der Waals surface area contributed by atoms with E-state index in [1.807, 2.05) is 67.6 Å². The van der Waals surface area contributed by atoms with Crippen LogP contribution in [0.15, 0.2) is 111 Å². The first-order valence-electron chi connectivity index (χ1n) is 15.6. The van der Waals surface area contributed by atoms with Gasteiger partial charge in [0.15, 0.2) is 16.3 Å². The molecule has 1 atom stereocenters. The predicted molar refractivity (Wildman–Crippen MR) is 190 cm³/mol. The fourth-order valence-electron chi connectivity index (χ4n) is 5.52. The first-order valence-corrected chi connectivity index (χ1v) is 17.2. The predicted octanol–water partition coefficient (Wildman–Crippen LogP) is 6.82. The highest BCUT2D eigenvalue weighted by molar-refractivity contribution is 9.10. The normalized spacial score (nSPS) is 14.2. The van der Waals surface area contributed by atoms with Crippen molar-refractivity contribution in [2.45, 2.75) is 26.5 Å². The number of thiazole rings is 1. The van der Waals surface area contributed by atoms with E-state index >= 15 is 0 Å². The summed E-state index contributed by atoms with van der Waals surface area (Å²) in [5.41, 5.74) is 3.29. The van der Waals surface area contributed by atoms with Gasteiger partial charge in [0.1, 0.15) is 18.2 Å². The zero-order chi connectivity index (χ0) is 34.5. The molecule has 11 heteroatoms. The topological polar surface area (TPSA) is 88.4 Å². The molecular formula is C38H32BrFN2O6S. The quantitative estimate of drug-likeness (QED) is 0.138. The average Bonchev–Trinajstić information content (AvgIpc) is 3.42. The molecule has 2 heterocycles. The van der Waals surface area contributed by atoms with Crippen LogP contribution in [0.3, 0.4) is 0 Å². The van der Waals surface area contributed by atoms with Gasteiger partial charge < -0.3 is 18.9 Å². The van der Waals surface area contributed by atoms with Gasteiger partial charge in [0, 0.05) is 5.56 Å². The monoisotopic (exact) mass is 742 g/mol. The molecule has 0 fully saturated rings. The van der Waals surface area contributed by atoms with E-state index in [0.717, 1.165) is 11.1 Å². The van der Waals surface area contributed by atoms with Crippen LogP contribution in [-0.2, 0) is 16.1 Å². The van der Waals surface area contributed by atoms with Crippen molar-refractivity contribution in [3.8, 4) is 17.2 Å². The van der Waals surface area contributed by atoms with Crippen LogP contribution in [-0.4, -0.2) is 30.9 Å². The molecule has 0 aliphatic carbocycles. The summed E-state index contributed by atoms with van der Waals surface area (Å²) in [6, 6.07) is 25.6. The highest BCUT2D eigenvalue weighted by atomic mass is 79.9. The van der Waals surface area contributed by atoms with Gasteiger partial charge in [-0.25, -0.2) is 14.2 Å². The van der Waals surface area contributed by atoms with Gasteiger partial charge in [0.2, 0.25) is 0 Å². The Labute approximate surface area is 294 Å². The molecule has 250 valence electrons. The maximum atomic E-state index is 14.3. The Bertz CT molecular complexity index is 2200. The lowest BCUT2D eigenvalue weighted by atomic mass is 9.93. The number of halogens is 2. The lowest BCUT2D eigenvalue weighted by Gasteiger charge is -2.26. The molecule has 49 heavy (non-hydrogen) atoms. The molecule has 0 radical (unpaired) electrons. The second-order valence-corrected chi connectivity index (χ2v) is 12.7. The van der Waals surface area contributed by atoms with Crippen molar-refractivity contribution in [3.63, 3.8) is 0 Å². The minimum Gasteiger partial charge on any atom is -0.494 e. The number of benzene rings is 4. The van der Waals surface area contributed by atoms with Gasteiger partial charge in [-0.2, -0.15) is 0 Å². The first-order chi connectivity index (χ1) is 23.8. The van der Waals surface area contributed by atoms with E-state index in [9.17, 15) is 14.0 Å². The van der Waals surface area contributed by atoms with Crippen LogP contribution >= 0.6 is 27.3 Å². The van der Waals surface area contributed by atoms with Crippen molar-refractivity contribution in [2.75, 3.05) is 20.3 Å². The lowest BCUT2D eigenvalue weighted by Crippen LogP contribution is -2.40. The zero-order valence-electron chi connectivity index (χ0n) is 26.9. The minimum absolute atomic E-state index is 0.158. The fourth-order valence-corrected chi connectivity index (χ4v) is 7.09. The van der Waals surface area contributed by atoms with Crippen LogP contribution < -0.4 is 29.1 Å². The zero-order valence-corrected chi connectivity index (χ0v) is 29.3. The average molecular weight is 744 g/mol. The molecule has 0 amide bonds. The number of methoxy groups -OCH3 is 1.